The fourth-order valence-electron chi connectivity index (χ4n) is 3.43. The number of methoxy groups -OCH3 is 1. The quantitative estimate of drug-likeness (QED) is 0.500. The van der Waals surface area contributed by atoms with E-state index in [1.54, 1.807) is 25.3 Å². The lowest BCUT2D eigenvalue weighted by atomic mass is 10.0. The summed E-state index contributed by atoms with van der Waals surface area (Å²) < 4.78 is 37.3. The molecule has 0 aliphatic carbocycles. The van der Waals surface area contributed by atoms with E-state index >= 15 is 0 Å². The van der Waals surface area contributed by atoms with Gasteiger partial charge in [0.2, 0.25) is 0 Å². The molecule has 0 radical (unpaired) electrons. The van der Waals surface area contributed by atoms with Crippen LogP contribution in [0, 0.1) is 13.8 Å². The van der Waals surface area contributed by atoms with Crippen LogP contribution in [0.5, 0.6) is 11.5 Å². The molecule has 0 amide bonds. The Bertz CT molecular complexity index is 1280. The van der Waals surface area contributed by atoms with E-state index in [4.69, 9.17) is 4.74 Å². The molecule has 3 heterocycles. The summed E-state index contributed by atoms with van der Waals surface area (Å²) in [7, 11) is 1.49. The fraction of sp³-hybridized carbons (Fsp3) is 0.200. The van der Waals surface area contributed by atoms with Crippen molar-refractivity contribution in [1.29, 1.82) is 0 Å². The number of hydrogen-bond acceptors (Lipinski definition) is 6. The van der Waals surface area contributed by atoms with Gasteiger partial charge in [0.15, 0.2) is 5.75 Å². The van der Waals surface area contributed by atoms with Crippen molar-refractivity contribution in [3.05, 3.63) is 64.6 Å². The SMILES string of the molecule is COc1cnc(-n2ncc3c(C)c(-c4cccc(OC(F)F)c4)c(C)n3c2=O)nc1. The summed E-state index contributed by atoms with van der Waals surface area (Å²) in [6, 6.07) is 6.35. The van der Waals surface area contributed by atoms with E-state index in [1.165, 1.54) is 36.0 Å². The Morgan fingerprint density at radius 3 is 2.47 bits per heavy atom. The first-order valence-corrected chi connectivity index (χ1v) is 8.92. The van der Waals surface area contributed by atoms with Crippen LogP contribution in [0.1, 0.15) is 11.3 Å². The number of fused-ring (bicyclic) bond motifs is 1. The van der Waals surface area contributed by atoms with E-state index < -0.39 is 12.3 Å². The molecule has 0 saturated carbocycles. The summed E-state index contributed by atoms with van der Waals surface area (Å²) in [5.74, 6) is 0.593. The summed E-state index contributed by atoms with van der Waals surface area (Å²) in [5.41, 5.74) is 2.95. The van der Waals surface area contributed by atoms with Crippen LogP contribution in [-0.4, -0.2) is 37.9 Å². The van der Waals surface area contributed by atoms with Crippen molar-refractivity contribution in [2.45, 2.75) is 20.5 Å². The van der Waals surface area contributed by atoms with Crippen LogP contribution >= 0.6 is 0 Å². The molecular formula is C20H17F2N5O3. The molecule has 30 heavy (non-hydrogen) atoms. The zero-order chi connectivity index (χ0) is 21.4. The lowest BCUT2D eigenvalue weighted by Crippen LogP contribution is -2.29. The topological polar surface area (TPSA) is 83.5 Å². The van der Waals surface area contributed by atoms with Crippen LogP contribution in [0.2, 0.25) is 0 Å². The Labute approximate surface area is 169 Å². The molecule has 8 nitrogen and oxygen atoms in total. The molecule has 3 aromatic heterocycles. The Hall–Kier alpha value is -3.82. The van der Waals surface area contributed by atoms with Crippen molar-refractivity contribution in [1.82, 2.24) is 24.1 Å². The van der Waals surface area contributed by atoms with E-state index in [2.05, 4.69) is 19.8 Å². The number of alkyl halides is 2. The van der Waals surface area contributed by atoms with Crippen molar-refractivity contribution < 1.29 is 18.3 Å². The molecule has 0 unspecified atom stereocenters. The third kappa shape index (κ3) is 3.25. The van der Waals surface area contributed by atoms with Crippen LogP contribution in [0.25, 0.3) is 22.6 Å². The third-order valence-corrected chi connectivity index (χ3v) is 4.75. The summed E-state index contributed by atoms with van der Waals surface area (Å²) in [4.78, 5) is 21.4. The van der Waals surface area contributed by atoms with Crippen molar-refractivity contribution in [3.63, 3.8) is 0 Å². The predicted molar refractivity (Wildman–Crippen MR) is 104 cm³/mol. The summed E-state index contributed by atoms with van der Waals surface area (Å²) >= 11 is 0. The monoisotopic (exact) mass is 413 g/mol. The second-order valence-electron chi connectivity index (χ2n) is 6.47. The second kappa shape index (κ2) is 7.54. The molecule has 0 bridgehead atoms. The van der Waals surface area contributed by atoms with Crippen LogP contribution in [0.4, 0.5) is 8.78 Å². The lowest BCUT2D eigenvalue weighted by molar-refractivity contribution is -0.0498. The van der Waals surface area contributed by atoms with Gasteiger partial charge in [-0.2, -0.15) is 13.9 Å². The Morgan fingerprint density at radius 1 is 1.07 bits per heavy atom. The molecule has 0 aliphatic heterocycles. The second-order valence-corrected chi connectivity index (χ2v) is 6.47. The molecule has 4 aromatic rings. The van der Waals surface area contributed by atoms with E-state index in [0.29, 0.717) is 22.5 Å². The average Bonchev–Trinajstić information content (AvgIpc) is 2.99. The van der Waals surface area contributed by atoms with Gasteiger partial charge in [0.25, 0.3) is 5.95 Å². The van der Waals surface area contributed by atoms with Gasteiger partial charge < -0.3 is 9.47 Å². The van der Waals surface area contributed by atoms with Crippen molar-refractivity contribution >= 4 is 5.52 Å². The highest BCUT2D eigenvalue weighted by atomic mass is 19.3. The minimum Gasteiger partial charge on any atom is -0.494 e. The number of aromatic nitrogens is 5. The number of hydrogen-bond donors (Lipinski definition) is 0. The maximum absolute atomic E-state index is 13.1. The van der Waals surface area contributed by atoms with Crippen LogP contribution < -0.4 is 15.2 Å². The molecule has 0 N–H and O–H groups in total. The van der Waals surface area contributed by atoms with Gasteiger partial charge in [-0.15, -0.1) is 4.68 Å². The van der Waals surface area contributed by atoms with Gasteiger partial charge in [-0.25, -0.2) is 14.8 Å². The summed E-state index contributed by atoms with van der Waals surface area (Å²) in [6.07, 6.45) is 4.42. The number of rotatable bonds is 5. The lowest BCUT2D eigenvalue weighted by Gasteiger charge is -2.08. The van der Waals surface area contributed by atoms with Gasteiger partial charge in [0, 0.05) is 11.3 Å². The Morgan fingerprint density at radius 2 is 1.80 bits per heavy atom. The Balaban J connectivity index is 1.88. The highest BCUT2D eigenvalue weighted by Crippen LogP contribution is 2.33. The van der Waals surface area contributed by atoms with Crippen LogP contribution in [0.15, 0.2) is 47.7 Å². The van der Waals surface area contributed by atoms with Gasteiger partial charge in [-0.05, 0) is 37.1 Å². The maximum atomic E-state index is 13.1. The molecular weight excluding hydrogens is 396 g/mol. The smallest absolute Gasteiger partial charge is 0.387 e. The van der Waals surface area contributed by atoms with Gasteiger partial charge in [-0.1, -0.05) is 12.1 Å². The first-order valence-electron chi connectivity index (χ1n) is 8.92. The number of aryl methyl sites for hydroxylation is 2. The molecule has 154 valence electrons. The molecule has 0 spiro atoms. The molecule has 10 heteroatoms. The number of halogens is 2. The molecule has 0 saturated heterocycles. The normalized spacial score (nSPS) is 11.3. The first-order chi connectivity index (χ1) is 14.4. The highest BCUT2D eigenvalue weighted by molar-refractivity contribution is 5.79. The van der Waals surface area contributed by atoms with Crippen LogP contribution in [0.3, 0.4) is 0 Å². The Kier molecular flexibility index (Phi) is 4.90. The molecule has 4 rings (SSSR count). The van der Waals surface area contributed by atoms with Crippen molar-refractivity contribution in [2.24, 2.45) is 0 Å². The zero-order valence-electron chi connectivity index (χ0n) is 16.3. The summed E-state index contributed by atoms with van der Waals surface area (Å²) in [6.45, 7) is 0.695. The van der Waals surface area contributed by atoms with E-state index in [-0.39, 0.29) is 11.7 Å². The van der Waals surface area contributed by atoms with Crippen molar-refractivity contribution in [2.75, 3.05) is 7.11 Å². The number of benzene rings is 1. The standard InChI is InChI=1S/C20H17F2N5O3/c1-11-16-10-25-27(19-23-8-15(29-3)9-24-19)20(28)26(16)12(2)17(11)13-5-4-6-14(7-13)30-18(21)22/h4-10,18H,1-3H3. The maximum Gasteiger partial charge on any atom is 0.387 e. The van der Waals surface area contributed by atoms with Gasteiger partial charge in [0.05, 0.1) is 31.2 Å². The minimum atomic E-state index is -2.92. The average molecular weight is 413 g/mol. The number of nitrogens with zero attached hydrogens (tertiary/aromatic N) is 5. The van der Waals surface area contributed by atoms with Gasteiger partial charge in [-0.3, -0.25) is 4.40 Å². The largest absolute Gasteiger partial charge is 0.494 e. The van der Waals surface area contributed by atoms with Gasteiger partial charge in [0.1, 0.15) is 5.75 Å². The van der Waals surface area contributed by atoms with E-state index in [1.807, 2.05) is 6.92 Å². The van der Waals surface area contributed by atoms with Gasteiger partial charge >= 0.3 is 12.3 Å². The zero-order valence-corrected chi connectivity index (χ0v) is 16.3. The minimum absolute atomic E-state index is 0.0405. The van der Waals surface area contributed by atoms with Crippen molar-refractivity contribution in [3.8, 4) is 28.6 Å². The van der Waals surface area contributed by atoms with E-state index in [0.717, 1.165) is 15.8 Å². The molecule has 0 fully saturated rings. The van der Waals surface area contributed by atoms with E-state index in [9.17, 15) is 13.6 Å². The third-order valence-electron chi connectivity index (χ3n) is 4.75. The first kappa shape index (κ1) is 19.5. The summed E-state index contributed by atoms with van der Waals surface area (Å²) in [5, 5.41) is 4.19. The number of ether oxygens (including phenoxy) is 2. The predicted octanol–water partition coefficient (Wildman–Crippen LogP) is 3.17. The molecule has 1 aromatic carbocycles. The molecule has 0 aliphatic rings. The fourth-order valence-corrected chi connectivity index (χ4v) is 3.43. The highest BCUT2D eigenvalue weighted by Gasteiger charge is 2.19. The van der Waals surface area contributed by atoms with Crippen LogP contribution in [-0.2, 0) is 0 Å². The molecule has 0 atom stereocenters.